The van der Waals surface area contributed by atoms with Crippen LogP contribution in [0.4, 0.5) is 0 Å². The van der Waals surface area contributed by atoms with Gasteiger partial charge >= 0.3 is 0 Å². The number of hydrogen-bond donors (Lipinski definition) is 0. The molecular weight excluding hydrogens is 206 g/mol. The number of hydrogen-bond acceptors (Lipinski definition) is 3. The number of thiazole rings is 1. The molecule has 1 heterocycles. The summed E-state index contributed by atoms with van der Waals surface area (Å²) in [5.74, 6) is 0.330. The molecule has 1 atom stereocenters. The fraction of sp³-hybridized carbons (Fsp3) is 0.667. The molecule has 0 aromatic carbocycles. The van der Waals surface area contributed by atoms with Gasteiger partial charge in [-0.15, -0.1) is 11.3 Å². The Bertz CT molecular complexity index is 282. The lowest BCUT2D eigenvalue weighted by Gasteiger charge is -2.07. The Hall–Kier alpha value is -0.700. The maximum atomic E-state index is 11.8. The molecule has 1 unspecified atom stereocenters. The highest BCUT2D eigenvalue weighted by molar-refractivity contribution is 7.07. The maximum Gasteiger partial charge on any atom is 0.184 e. The summed E-state index contributed by atoms with van der Waals surface area (Å²) in [5.41, 5.74) is 2.36. The lowest BCUT2D eigenvalue weighted by molar-refractivity contribution is 0.0918. The van der Waals surface area contributed by atoms with E-state index in [1.165, 1.54) is 30.6 Å². The average Bonchev–Trinajstić information content (AvgIpc) is 2.76. The number of Topliss-reactive ketones (excluding diaryl/α,β-unsaturated/α-hetero) is 1. The molecule has 2 nitrogen and oxygen atoms in total. The Morgan fingerprint density at radius 2 is 2.27 bits per heavy atom. The lowest BCUT2D eigenvalue weighted by Crippen LogP contribution is -2.11. The largest absolute Gasteiger partial charge is 0.292 e. The van der Waals surface area contributed by atoms with Crippen LogP contribution in [-0.2, 0) is 0 Å². The quantitative estimate of drug-likeness (QED) is 0.520. The summed E-state index contributed by atoms with van der Waals surface area (Å²) in [5, 5.41) is 1.84. The van der Waals surface area contributed by atoms with E-state index in [0.717, 1.165) is 12.8 Å². The zero-order chi connectivity index (χ0) is 11.1. The molecule has 0 fully saturated rings. The molecule has 3 heteroatoms. The number of ketones is 1. The lowest BCUT2D eigenvalue weighted by atomic mass is 9.97. The van der Waals surface area contributed by atoms with Crippen molar-refractivity contribution in [2.75, 3.05) is 0 Å². The third-order valence-electron chi connectivity index (χ3n) is 2.62. The highest BCUT2D eigenvalue weighted by atomic mass is 32.1. The van der Waals surface area contributed by atoms with Gasteiger partial charge in [-0.05, 0) is 6.42 Å². The third kappa shape index (κ3) is 4.12. The van der Waals surface area contributed by atoms with Gasteiger partial charge in [0.05, 0.1) is 5.51 Å². The van der Waals surface area contributed by atoms with Crippen LogP contribution < -0.4 is 0 Å². The molecule has 0 amide bonds. The predicted molar refractivity (Wildman–Crippen MR) is 64.4 cm³/mol. The van der Waals surface area contributed by atoms with Gasteiger partial charge in [-0.3, -0.25) is 4.79 Å². The van der Waals surface area contributed by atoms with E-state index in [2.05, 4.69) is 11.9 Å². The number of unbranched alkanes of at least 4 members (excludes halogenated alkanes) is 3. The van der Waals surface area contributed by atoms with Crippen LogP contribution in [0.2, 0.25) is 0 Å². The zero-order valence-corrected chi connectivity index (χ0v) is 10.3. The van der Waals surface area contributed by atoms with Crippen LogP contribution >= 0.6 is 11.3 Å². The molecule has 0 N–H and O–H groups in total. The van der Waals surface area contributed by atoms with Gasteiger partial charge in [0.2, 0.25) is 0 Å². The van der Waals surface area contributed by atoms with Crippen molar-refractivity contribution in [2.45, 2.75) is 46.0 Å². The van der Waals surface area contributed by atoms with Crippen molar-refractivity contribution in [1.29, 1.82) is 0 Å². The Balaban J connectivity index is 2.28. The van der Waals surface area contributed by atoms with E-state index in [0.29, 0.717) is 5.69 Å². The molecule has 1 aromatic heterocycles. The summed E-state index contributed by atoms with van der Waals surface area (Å²) < 4.78 is 0. The highest BCUT2D eigenvalue weighted by Gasteiger charge is 2.15. The van der Waals surface area contributed by atoms with Crippen molar-refractivity contribution < 1.29 is 4.79 Å². The second-order valence-electron chi connectivity index (χ2n) is 3.99. The first-order valence-corrected chi connectivity index (χ1v) is 6.62. The van der Waals surface area contributed by atoms with Gasteiger partial charge in [-0.1, -0.05) is 39.5 Å². The van der Waals surface area contributed by atoms with Gasteiger partial charge in [-0.25, -0.2) is 4.98 Å². The van der Waals surface area contributed by atoms with Crippen LogP contribution in [-0.4, -0.2) is 10.8 Å². The number of aromatic nitrogens is 1. The Morgan fingerprint density at radius 1 is 1.47 bits per heavy atom. The zero-order valence-electron chi connectivity index (χ0n) is 9.53. The molecule has 0 bridgehead atoms. The third-order valence-corrected chi connectivity index (χ3v) is 3.21. The summed E-state index contributed by atoms with van der Waals surface area (Å²) in [6, 6.07) is 0. The van der Waals surface area contributed by atoms with E-state index in [1.807, 2.05) is 12.3 Å². The van der Waals surface area contributed by atoms with Crippen molar-refractivity contribution in [1.82, 2.24) is 4.98 Å². The van der Waals surface area contributed by atoms with Crippen LogP contribution in [0.3, 0.4) is 0 Å². The van der Waals surface area contributed by atoms with Crippen molar-refractivity contribution in [2.24, 2.45) is 5.92 Å². The number of carbonyl (C=O) groups excluding carboxylic acids is 1. The van der Waals surface area contributed by atoms with Crippen LogP contribution in [0.5, 0.6) is 0 Å². The van der Waals surface area contributed by atoms with E-state index < -0.39 is 0 Å². The molecule has 1 aromatic rings. The molecule has 0 saturated heterocycles. The number of carbonyl (C=O) groups is 1. The molecule has 0 aliphatic carbocycles. The van der Waals surface area contributed by atoms with Crippen molar-refractivity contribution >= 4 is 17.1 Å². The average molecular weight is 225 g/mol. The minimum atomic E-state index is 0.129. The van der Waals surface area contributed by atoms with Gasteiger partial charge in [0, 0.05) is 11.3 Å². The number of nitrogens with zero attached hydrogens (tertiary/aromatic N) is 1. The molecule has 0 spiro atoms. The Morgan fingerprint density at radius 3 is 2.87 bits per heavy atom. The highest BCUT2D eigenvalue weighted by Crippen LogP contribution is 2.15. The van der Waals surface area contributed by atoms with E-state index in [9.17, 15) is 4.79 Å². The fourth-order valence-electron chi connectivity index (χ4n) is 1.60. The molecule has 15 heavy (non-hydrogen) atoms. The first-order chi connectivity index (χ1) is 7.25. The minimum absolute atomic E-state index is 0.129. The van der Waals surface area contributed by atoms with Crippen molar-refractivity contribution in [3.05, 3.63) is 16.6 Å². The predicted octanol–water partition coefficient (Wildman–Crippen LogP) is 3.93. The van der Waals surface area contributed by atoms with E-state index in [-0.39, 0.29) is 11.7 Å². The summed E-state index contributed by atoms with van der Waals surface area (Å²) in [4.78, 5) is 15.9. The molecule has 0 aliphatic heterocycles. The second-order valence-corrected chi connectivity index (χ2v) is 4.71. The van der Waals surface area contributed by atoms with Gasteiger partial charge in [0.1, 0.15) is 5.69 Å². The maximum absolute atomic E-state index is 11.8. The summed E-state index contributed by atoms with van der Waals surface area (Å²) in [7, 11) is 0. The van der Waals surface area contributed by atoms with Gasteiger partial charge < -0.3 is 0 Å². The van der Waals surface area contributed by atoms with Crippen molar-refractivity contribution in [3.63, 3.8) is 0 Å². The first-order valence-electron chi connectivity index (χ1n) is 5.68. The van der Waals surface area contributed by atoms with Gasteiger partial charge in [0.25, 0.3) is 0 Å². The SMILES string of the molecule is CCCCCCC(C)C(=O)c1cscn1. The molecular formula is C12H19NOS. The van der Waals surface area contributed by atoms with E-state index in [4.69, 9.17) is 0 Å². The van der Waals surface area contributed by atoms with Crippen LogP contribution in [0.1, 0.15) is 56.4 Å². The normalized spacial score (nSPS) is 12.7. The van der Waals surface area contributed by atoms with E-state index >= 15 is 0 Å². The number of rotatable bonds is 7. The molecule has 0 aliphatic rings. The van der Waals surface area contributed by atoms with E-state index in [1.54, 1.807) is 5.51 Å². The molecule has 84 valence electrons. The van der Waals surface area contributed by atoms with Crippen LogP contribution in [0.15, 0.2) is 10.9 Å². The molecule has 0 saturated carbocycles. The topological polar surface area (TPSA) is 30.0 Å². The minimum Gasteiger partial charge on any atom is -0.292 e. The monoisotopic (exact) mass is 225 g/mol. The second kappa shape index (κ2) is 6.72. The summed E-state index contributed by atoms with van der Waals surface area (Å²) in [6.45, 7) is 4.21. The molecule has 1 rings (SSSR count). The summed E-state index contributed by atoms with van der Waals surface area (Å²) in [6.07, 6.45) is 5.92. The smallest absolute Gasteiger partial charge is 0.184 e. The standard InChI is InChI=1S/C12H19NOS/c1-3-4-5-6-7-10(2)12(14)11-8-15-9-13-11/h8-10H,3-7H2,1-2H3. The van der Waals surface area contributed by atoms with Gasteiger partial charge in [-0.2, -0.15) is 0 Å². The van der Waals surface area contributed by atoms with Crippen LogP contribution in [0.25, 0.3) is 0 Å². The fourth-order valence-corrected chi connectivity index (χ4v) is 2.14. The Kier molecular flexibility index (Phi) is 5.54. The summed E-state index contributed by atoms with van der Waals surface area (Å²) >= 11 is 1.49. The van der Waals surface area contributed by atoms with Gasteiger partial charge in [0.15, 0.2) is 5.78 Å². The van der Waals surface area contributed by atoms with Crippen LogP contribution in [0, 0.1) is 5.92 Å². The molecule has 0 radical (unpaired) electrons. The Labute approximate surface area is 95.7 Å². The van der Waals surface area contributed by atoms with Crippen molar-refractivity contribution in [3.8, 4) is 0 Å². The first kappa shape index (κ1) is 12.4.